The summed E-state index contributed by atoms with van der Waals surface area (Å²) in [6, 6.07) is 8.47. The lowest BCUT2D eigenvalue weighted by molar-refractivity contribution is 0.267. The fourth-order valence-corrected chi connectivity index (χ4v) is 3.35. The number of hydrogen-bond acceptors (Lipinski definition) is 2. The molecule has 2 rings (SSSR count). The Hall–Kier alpha value is -1.01. The summed E-state index contributed by atoms with van der Waals surface area (Å²) < 4.78 is 0.984. The van der Waals surface area contributed by atoms with E-state index in [1.165, 1.54) is 25.7 Å². The third kappa shape index (κ3) is 3.73. The first-order valence-corrected chi connectivity index (χ1v) is 7.85. The van der Waals surface area contributed by atoms with Gasteiger partial charge >= 0.3 is 0 Å². The van der Waals surface area contributed by atoms with Gasteiger partial charge in [0.1, 0.15) is 0 Å². The van der Waals surface area contributed by atoms with E-state index in [0.29, 0.717) is 11.6 Å². The number of anilines is 1. The minimum Gasteiger partial charge on any atom is -0.381 e. The maximum Gasteiger partial charge on any atom is 0.0992 e. The lowest BCUT2D eigenvalue weighted by Crippen LogP contribution is -2.28. The average molecular weight is 321 g/mol. The Bertz CT molecular complexity index is 468. The van der Waals surface area contributed by atoms with Gasteiger partial charge in [-0.2, -0.15) is 5.26 Å². The molecule has 1 aromatic rings. The molecule has 0 unspecified atom stereocenters. The Morgan fingerprint density at radius 2 is 1.95 bits per heavy atom. The van der Waals surface area contributed by atoms with Gasteiger partial charge in [0, 0.05) is 16.2 Å². The Morgan fingerprint density at radius 3 is 2.47 bits per heavy atom. The van der Waals surface area contributed by atoms with E-state index in [-0.39, 0.29) is 0 Å². The lowest BCUT2D eigenvalue weighted by Gasteiger charge is -2.32. The van der Waals surface area contributed by atoms with Crippen LogP contribution in [0.2, 0.25) is 0 Å². The molecule has 0 spiro atoms. The second-order valence-electron chi connectivity index (χ2n) is 5.81. The minimum absolute atomic E-state index is 0.569. The highest BCUT2D eigenvalue weighted by atomic mass is 79.9. The van der Waals surface area contributed by atoms with Crippen LogP contribution in [0.15, 0.2) is 22.7 Å². The first-order chi connectivity index (χ1) is 9.10. The van der Waals surface area contributed by atoms with Gasteiger partial charge in [-0.15, -0.1) is 0 Å². The molecule has 102 valence electrons. The summed E-state index contributed by atoms with van der Waals surface area (Å²) in [7, 11) is 0. The molecule has 3 heteroatoms. The summed E-state index contributed by atoms with van der Waals surface area (Å²) in [4.78, 5) is 0. The zero-order valence-corrected chi connectivity index (χ0v) is 13.2. The Labute approximate surface area is 124 Å². The van der Waals surface area contributed by atoms with E-state index in [1.807, 2.05) is 18.2 Å². The highest BCUT2D eigenvalue weighted by Crippen LogP contribution is 2.32. The summed E-state index contributed by atoms with van der Waals surface area (Å²) >= 11 is 3.54. The van der Waals surface area contributed by atoms with Crippen LogP contribution < -0.4 is 5.32 Å². The van der Waals surface area contributed by atoms with Gasteiger partial charge in [-0.05, 0) is 71.6 Å². The summed E-state index contributed by atoms with van der Waals surface area (Å²) in [6.45, 7) is 4.66. The zero-order chi connectivity index (χ0) is 13.8. The Morgan fingerprint density at radius 1 is 1.26 bits per heavy atom. The van der Waals surface area contributed by atoms with Crippen molar-refractivity contribution in [2.45, 2.75) is 45.6 Å². The van der Waals surface area contributed by atoms with Crippen LogP contribution in [0.1, 0.15) is 45.1 Å². The van der Waals surface area contributed by atoms with Gasteiger partial charge in [0.25, 0.3) is 0 Å². The van der Waals surface area contributed by atoms with Gasteiger partial charge in [0.2, 0.25) is 0 Å². The quantitative estimate of drug-likeness (QED) is 0.855. The first kappa shape index (κ1) is 14.4. The highest BCUT2D eigenvalue weighted by Gasteiger charge is 2.23. The van der Waals surface area contributed by atoms with Crippen molar-refractivity contribution >= 4 is 21.6 Å². The molecule has 1 saturated carbocycles. The average Bonchev–Trinajstić information content (AvgIpc) is 2.41. The van der Waals surface area contributed by atoms with Crippen molar-refractivity contribution < 1.29 is 0 Å². The molecular formula is C16H21BrN2. The van der Waals surface area contributed by atoms with Gasteiger partial charge in [-0.3, -0.25) is 0 Å². The number of hydrogen-bond donors (Lipinski definition) is 1. The van der Waals surface area contributed by atoms with Crippen molar-refractivity contribution in [1.29, 1.82) is 5.26 Å². The summed E-state index contributed by atoms with van der Waals surface area (Å²) in [5.41, 5.74) is 1.80. The van der Waals surface area contributed by atoms with E-state index >= 15 is 0 Å². The zero-order valence-electron chi connectivity index (χ0n) is 11.6. The summed E-state index contributed by atoms with van der Waals surface area (Å²) in [5, 5.41) is 12.5. The normalized spacial score (nSPS) is 23.1. The molecule has 0 saturated heterocycles. The standard InChI is InChI=1S/C16H21BrN2/c1-11(2)13-4-6-14(7-5-13)19-16-8-3-12(10-18)9-15(16)17/h3,8-9,11,13-14,19H,4-7H2,1-2H3. The second-order valence-corrected chi connectivity index (χ2v) is 6.66. The molecule has 2 nitrogen and oxygen atoms in total. The molecule has 1 aliphatic carbocycles. The predicted molar refractivity (Wildman–Crippen MR) is 83.1 cm³/mol. The van der Waals surface area contributed by atoms with Crippen molar-refractivity contribution in [3.63, 3.8) is 0 Å². The van der Waals surface area contributed by atoms with E-state index in [9.17, 15) is 0 Å². The van der Waals surface area contributed by atoms with E-state index < -0.39 is 0 Å². The SMILES string of the molecule is CC(C)C1CCC(Nc2ccc(C#N)cc2Br)CC1. The van der Waals surface area contributed by atoms with Gasteiger partial charge in [0.15, 0.2) is 0 Å². The number of nitrogens with zero attached hydrogens (tertiary/aromatic N) is 1. The summed E-state index contributed by atoms with van der Waals surface area (Å²) in [6.07, 6.45) is 5.14. The largest absolute Gasteiger partial charge is 0.381 e. The van der Waals surface area contributed by atoms with Gasteiger partial charge < -0.3 is 5.32 Å². The summed E-state index contributed by atoms with van der Waals surface area (Å²) in [5.74, 6) is 1.70. The topological polar surface area (TPSA) is 35.8 Å². The fraction of sp³-hybridized carbons (Fsp3) is 0.562. The van der Waals surface area contributed by atoms with E-state index in [4.69, 9.17) is 5.26 Å². The number of halogens is 1. The lowest BCUT2D eigenvalue weighted by atomic mass is 9.79. The van der Waals surface area contributed by atoms with E-state index in [2.05, 4.69) is 41.2 Å². The molecule has 0 atom stereocenters. The van der Waals surface area contributed by atoms with Gasteiger partial charge in [0.05, 0.1) is 11.6 Å². The molecule has 19 heavy (non-hydrogen) atoms. The second kappa shape index (κ2) is 6.43. The third-order valence-corrected chi connectivity index (χ3v) is 4.83. The number of nitrogens with one attached hydrogen (secondary N) is 1. The van der Waals surface area contributed by atoms with Crippen LogP contribution in [-0.4, -0.2) is 6.04 Å². The van der Waals surface area contributed by atoms with E-state index in [1.54, 1.807) is 0 Å². The van der Waals surface area contributed by atoms with Gasteiger partial charge in [-0.25, -0.2) is 0 Å². The van der Waals surface area contributed by atoms with Crippen LogP contribution in [0.5, 0.6) is 0 Å². The van der Waals surface area contributed by atoms with Crippen molar-refractivity contribution in [3.05, 3.63) is 28.2 Å². The fourth-order valence-electron chi connectivity index (χ4n) is 2.85. The molecule has 1 fully saturated rings. The first-order valence-electron chi connectivity index (χ1n) is 7.06. The molecule has 0 heterocycles. The molecule has 1 N–H and O–H groups in total. The number of benzene rings is 1. The highest BCUT2D eigenvalue weighted by molar-refractivity contribution is 9.10. The smallest absolute Gasteiger partial charge is 0.0992 e. The number of nitriles is 1. The van der Waals surface area contributed by atoms with Crippen LogP contribution in [0.3, 0.4) is 0 Å². The molecule has 1 aliphatic rings. The maximum atomic E-state index is 8.86. The van der Waals surface area contributed by atoms with Crippen LogP contribution in [0.4, 0.5) is 5.69 Å². The monoisotopic (exact) mass is 320 g/mol. The Balaban J connectivity index is 1.94. The predicted octanol–water partition coefficient (Wildman–Crippen LogP) is 4.95. The maximum absolute atomic E-state index is 8.86. The molecule has 0 radical (unpaired) electrons. The van der Waals surface area contributed by atoms with Gasteiger partial charge in [-0.1, -0.05) is 13.8 Å². The van der Waals surface area contributed by atoms with Crippen LogP contribution in [0, 0.1) is 23.2 Å². The molecule has 0 bridgehead atoms. The third-order valence-electron chi connectivity index (χ3n) is 4.17. The van der Waals surface area contributed by atoms with Crippen molar-refractivity contribution in [2.24, 2.45) is 11.8 Å². The van der Waals surface area contributed by atoms with Crippen LogP contribution in [0.25, 0.3) is 0 Å². The number of rotatable bonds is 3. The van der Waals surface area contributed by atoms with Crippen LogP contribution in [-0.2, 0) is 0 Å². The Kier molecular flexibility index (Phi) is 4.87. The molecule has 0 aliphatic heterocycles. The van der Waals surface area contributed by atoms with Crippen molar-refractivity contribution in [1.82, 2.24) is 0 Å². The molecule has 0 aromatic heterocycles. The molecular weight excluding hydrogens is 300 g/mol. The van der Waals surface area contributed by atoms with Crippen LogP contribution >= 0.6 is 15.9 Å². The van der Waals surface area contributed by atoms with Crippen molar-refractivity contribution in [3.8, 4) is 6.07 Å². The minimum atomic E-state index is 0.569. The molecule has 0 amide bonds. The van der Waals surface area contributed by atoms with Crippen molar-refractivity contribution in [2.75, 3.05) is 5.32 Å². The van der Waals surface area contributed by atoms with E-state index in [0.717, 1.165) is 22.0 Å². The molecule has 1 aromatic carbocycles.